The van der Waals surface area contributed by atoms with Crippen LogP contribution in [0, 0.1) is 6.92 Å². The van der Waals surface area contributed by atoms with Crippen LogP contribution in [0.25, 0.3) is 22.2 Å². The first-order chi connectivity index (χ1) is 10.6. The second kappa shape index (κ2) is 5.68. The number of aromatic nitrogens is 2. The third-order valence-electron chi connectivity index (χ3n) is 3.68. The van der Waals surface area contributed by atoms with Gasteiger partial charge < -0.3 is 9.47 Å². The highest BCUT2D eigenvalue weighted by atomic mass is 16.5. The van der Waals surface area contributed by atoms with Crippen molar-refractivity contribution in [2.45, 2.75) is 6.92 Å². The van der Waals surface area contributed by atoms with Crippen molar-refractivity contribution in [2.24, 2.45) is 0 Å². The Bertz CT molecular complexity index is 827. The number of nitrogens with zero attached hydrogens (tertiary/aromatic N) is 2. The number of fused-ring (bicyclic) bond motifs is 1. The molecule has 0 aliphatic carbocycles. The summed E-state index contributed by atoms with van der Waals surface area (Å²) in [5.74, 6) is 1.51. The zero-order valence-electron chi connectivity index (χ0n) is 13.2. The van der Waals surface area contributed by atoms with Crippen LogP contribution in [0.2, 0.25) is 0 Å². The molecule has 0 amide bonds. The predicted octanol–water partition coefficient (Wildman–Crippen LogP) is 1.88. The lowest BCUT2D eigenvalue weighted by Crippen LogP contribution is -2.07. The Morgan fingerprint density at radius 1 is 0.955 bits per heavy atom. The van der Waals surface area contributed by atoms with E-state index in [-0.39, 0.29) is 0 Å². The molecule has 0 unspecified atom stereocenters. The molecule has 2 aromatic carbocycles. The topological polar surface area (TPSA) is 44.2 Å². The Balaban J connectivity index is 2.29. The van der Waals surface area contributed by atoms with Gasteiger partial charge in [-0.15, -0.1) is 0 Å². The fourth-order valence-corrected chi connectivity index (χ4v) is 2.51. The van der Waals surface area contributed by atoms with Crippen molar-refractivity contribution in [3.8, 4) is 22.6 Å². The summed E-state index contributed by atoms with van der Waals surface area (Å²) in [5.41, 5.74) is 5.87. The molecule has 0 aliphatic heterocycles. The fourth-order valence-electron chi connectivity index (χ4n) is 2.51. The third kappa shape index (κ3) is 2.50. The van der Waals surface area contributed by atoms with Crippen molar-refractivity contribution in [3.05, 3.63) is 42.2 Å². The van der Waals surface area contributed by atoms with Gasteiger partial charge in [0, 0.05) is 17.8 Å². The second-order valence-corrected chi connectivity index (χ2v) is 5.24. The standard InChI is InChI=1S/C17H17BN2O2/c1-10-9-19-16-14(4-5-15(18)17(16)20-10)11-6-12(21-2)8-13(7-11)22-3/h4-9H,18H2,1-3H3. The van der Waals surface area contributed by atoms with Crippen LogP contribution in [0.5, 0.6) is 11.5 Å². The Morgan fingerprint density at radius 2 is 1.64 bits per heavy atom. The fraction of sp³-hybridized carbons (Fsp3) is 0.176. The molecule has 1 aromatic heterocycles. The van der Waals surface area contributed by atoms with Gasteiger partial charge in [0.1, 0.15) is 19.3 Å². The highest BCUT2D eigenvalue weighted by Gasteiger charge is 2.11. The van der Waals surface area contributed by atoms with Crippen LogP contribution in [-0.2, 0) is 0 Å². The molecule has 0 N–H and O–H groups in total. The van der Waals surface area contributed by atoms with Crippen molar-refractivity contribution >= 4 is 24.3 Å². The second-order valence-electron chi connectivity index (χ2n) is 5.24. The molecule has 0 spiro atoms. The van der Waals surface area contributed by atoms with Crippen LogP contribution in [0.3, 0.4) is 0 Å². The molecule has 3 rings (SSSR count). The summed E-state index contributed by atoms with van der Waals surface area (Å²) in [7, 11) is 5.34. The van der Waals surface area contributed by atoms with Gasteiger partial charge in [0.15, 0.2) is 0 Å². The Morgan fingerprint density at radius 3 is 2.27 bits per heavy atom. The maximum Gasteiger partial charge on any atom is 0.142 e. The molecular weight excluding hydrogens is 275 g/mol. The predicted molar refractivity (Wildman–Crippen MR) is 91.0 cm³/mol. The number of hydrogen-bond donors (Lipinski definition) is 0. The lowest BCUT2D eigenvalue weighted by molar-refractivity contribution is 0.394. The van der Waals surface area contributed by atoms with E-state index in [1.807, 2.05) is 33.0 Å². The van der Waals surface area contributed by atoms with Gasteiger partial charge in [0.25, 0.3) is 0 Å². The number of ether oxygens (including phenoxy) is 2. The summed E-state index contributed by atoms with van der Waals surface area (Å²) >= 11 is 0. The number of benzene rings is 2. The Hall–Kier alpha value is -2.56. The number of hydrogen-bond acceptors (Lipinski definition) is 4. The summed E-state index contributed by atoms with van der Waals surface area (Å²) in [5, 5.41) is 0. The molecule has 0 aliphatic rings. The first kappa shape index (κ1) is 14.4. The van der Waals surface area contributed by atoms with Gasteiger partial charge >= 0.3 is 0 Å². The molecular formula is C17H17BN2O2. The van der Waals surface area contributed by atoms with Crippen LogP contribution in [-0.4, -0.2) is 32.0 Å². The van der Waals surface area contributed by atoms with Gasteiger partial charge in [-0.25, -0.2) is 0 Å². The quantitative estimate of drug-likeness (QED) is 0.691. The monoisotopic (exact) mass is 292 g/mol. The lowest BCUT2D eigenvalue weighted by Gasteiger charge is -2.11. The van der Waals surface area contributed by atoms with Crippen molar-refractivity contribution < 1.29 is 9.47 Å². The molecule has 0 saturated heterocycles. The third-order valence-corrected chi connectivity index (χ3v) is 3.68. The van der Waals surface area contributed by atoms with Gasteiger partial charge in [0.2, 0.25) is 0 Å². The maximum atomic E-state index is 5.36. The van der Waals surface area contributed by atoms with Gasteiger partial charge in [-0.05, 0) is 24.6 Å². The Labute approximate surface area is 130 Å². The first-order valence-electron chi connectivity index (χ1n) is 7.09. The minimum absolute atomic E-state index is 0.753. The largest absolute Gasteiger partial charge is 0.497 e. The van der Waals surface area contributed by atoms with E-state index < -0.39 is 0 Å². The molecule has 4 nitrogen and oxygen atoms in total. The molecule has 0 fully saturated rings. The van der Waals surface area contributed by atoms with Gasteiger partial charge in [-0.3, -0.25) is 9.97 Å². The highest BCUT2D eigenvalue weighted by Crippen LogP contribution is 2.32. The number of methoxy groups -OCH3 is 2. The molecule has 110 valence electrons. The lowest BCUT2D eigenvalue weighted by atomic mass is 9.91. The van der Waals surface area contributed by atoms with Crippen LogP contribution in [0.15, 0.2) is 36.5 Å². The van der Waals surface area contributed by atoms with E-state index in [1.165, 1.54) is 0 Å². The highest BCUT2D eigenvalue weighted by molar-refractivity contribution is 6.38. The van der Waals surface area contributed by atoms with Gasteiger partial charge in [-0.1, -0.05) is 17.6 Å². The maximum absolute atomic E-state index is 5.36. The summed E-state index contributed by atoms with van der Waals surface area (Å²) in [6.07, 6.45) is 1.79. The van der Waals surface area contributed by atoms with Crippen LogP contribution < -0.4 is 14.9 Å². The molecule has 22 heavy (non-hydrogen) atoms. The molecule has 0 radical (unpaired) electrons. The molecule has 0 saturated carbocycles. The van der Waals surface area contributed by atoms with E-state index in [0.717, 1.165) is 44.8 Å². The zero-order valence-corrected chi connectivity index (χ0v) is 13.2. The molecule has 5 heteroatoms. The van der Waals surface area contributed by atoms with E-state index in [2.05, 4.69) is 22.1 Å². The molecule has 0 atom stereocenters. The van der Waals surface area contributed by atoms with Gasteiger partial charge in [-0.2, -0.15) is 0 Å². The normalized spacial score (nSPS) is 10.7. The van der Waals surface area contributed by atoms with Crippen LogP contribution in [0.1, 0.15) is 5.69 Å². The van der Waals surface area contributed by atoms with Crippen LogP contribution in [0.4, 0.5) is 0 Å². The van der Waals surface area contributed by atoms with E-state index in [0.29, 0.717) is 0 Å². The van der Waals surface area contributed by atoms with E-state index in [1.54, 1.807) is 20.4 Å². The average Bonchev–Trinajstić information content (AvgIpc) is 2.55. The van der Waals surface area contributed by atoms with Crippen LogP contribution >= 0.6 is 0 Å². The van der Waals surface area contributed by atoms with Crippen molar-refractivity contribution in [3.63, 3.8) is 0 Å². The van der Waals surface area contributed by atoms with E-state index in [4.69, 9.17) is 9.47 Å². The Kier molecular flexibility index (Phi) is 3.71. The van der Waals surface area contributed by atoms with Crippen molar-refractivity contribution in [1.82, 2.24) is 9.97 Å². The number of rotatable bonds is 3. The van der Waals surface area contributed by atoms with E-state index >= 15 is 0 Å². The molecule has 1 heterocycles. The minimum atomic E-state index is 0.753. The van der Waals surface area contributed by atoms with Crippen molar-refractivity contribution in [2.75, 3.05) is 14.2 Å². The minimum Gasteiger partial charge on any atom is -0.497 e. The summed E-state index contributed by atoms with van der Waals surface area (Å²) in [6.45, 7) is 1.95. The SMILES string of the molecule is Bc1ccc(-c2cc(OC)cc(OC)c2)c2ncc(C)nc12. The molecule has 0 bridgehead atoms. The summed E-state index contributed by atoms with van der Waals surface area (Å²) < 4.78 is 10.7. The van der Waals surface area contributed by atoms with Gasteiger partial charge in [0.05, 0.1) is 30.9 Å². The summed E-state index contributed by atoms with van der Waals surface area (Å²) in [6, 6.07) is 9.95. The molecule has 3 aromatic rings. The smallest absolute Gasteiger partial charge is 0.142 e. The first-order valence-corrected chi connectivity index (χ1v) is 7.09. The number of aryl methyl sites for hydroxylation is 1. The van der Waals surface area contributed by atoms with Crippen molar-refractivity contribution in [1.29, 1.82) is 0 Å². The van der Waals surface area contributed by atoms with E-state index in [9.17, 15) is 0 Å². The summed E-state index contributed by atoms with van der Waals surface area (Å²) in [4.78, 5) is 9.21. The zero-order chi connectivity index (χ0) is 15.7. The average molecular weight is 292 g/mol.